The first kappa shape index (κ1) is 26.6. The van der Waals surface area contributed by atoms with E-state index in [0.29, 0.717) is 43.6 Å². The van der Waals surface area contributed by atoms with Crippen LogP contribution in [0.4, 0.5) is 10.1 Å². The van der Waals surface area contributed by atoms with Crippen molar-refractivity contribution < 1.29 is 13.7 Å². The molecule has 0 fully saturated rings. The lowest BCUT2D eigenvalue weighted by Crippen LogP contribution is -2.32. The highest BCUT2D eigenvalue weighted by atomic mass is 127. The van der Waals surface area contributed by atoms with Gasteiger partial charge in [-0.25, -0.2) is 4.39 Å². The van der Waals surface area contributed by atoms with Crippen molar-refractivity contribution in [2.24, 2.45) is 4.99 Å². The molecule has 0 amide bonds. The summed E-state index contributed by atoms with van der Waals surface area (Å²) < 4.78 is 24.3. The van der Waals surface area contributed by atoms with Crippen molar-refractivity contribution in [1.29, 1.82) is 0 Å². The van der Waals surface area contributed by atoms with E-state index in [0.717, 1.165) is 23.4 Å². The molecule has 178 valence electrons. The lowest BCUT2D eigenvalue weighted by molar-refractivity contribution is 0.242. The quantitative estimate of drug-likeness (QED) is 0.153. The number of anilines is 1. The van der Waals surface area contributed by atoms with Gasteiger partial charge >= 0.3 is 0 Å². The van der Waals surface area contributed by atoms with Crippen LogP contribution >= 0.6 is 24.0 Å². The molecule has 0 unspecified atom stereocenters. The fraction of sp³-hybridized carbons (Fsp3) is 0.375. The van der Waals surface area contributed by atoms with Crippen molar-refractivity contribution in [2.75, 3.05) is 18.4 Å². The predicted molar refractivity (Wildman–Crippen MR) is 139 cm³/mol. The predicted octanol–water partition coefficient (Wildman–Crippen LogP) is 5.16. The number of ether oxygens (including phenoxy) is 1. The third-order valence-electron chi connectivity index (χ3n) is 4.47. The zero-order valence-corrected chi connectivity index (χ0v) is 21.5. The number of nitrogens with zero attached hydrogens (tertiary/aromatic N) is 3. The van der Waals surface area contributed by atoms with Gasteiger partial charge in [0.15, 0.2) is 11.8 Å². The molecule has 3 rings (SSSR count). The molecule has 0 aliphatic heterocycles. The molecule has 33 heavy (non-hydrogen) atoms. The molecule has 0 bridgehead atoms. The second-order valence-electron chi connectivity index (χ2n) is 7.69. The van der Waals surface area contributed by atoms with Crippen molar-refractivity contribution in [3.05, 3.63) is 71.6 Å². The van der Waals surface area contributed by atoms with Gasteiger partial charge in [-0.15, -0.1) is 24.0 Å². The maximum Gasteiger partial charge on any atom is 0.226 e. The first-order valence-electron chi connectivity index (χ1n) is 10.8. The van der Waals surface area contributed by atoms with Gasteiger partial charge in [-0.3, -0.25) is 4.99 Å². The van der Waals surface area contributed by atoms with Crippen molar-refractivity contribution >= 4 is 35.6 Å². The van der Waals surface area contributed by atoms with Crippen molar-refractivity contribution in [2.45, 2.75) is 46.1 Å². The zero-order valence-electron chi connectivity index (χ0n) is 19.2. The molecule has 0 radical (unpaired) electrons. The number of halogens is 2. The Balaban J connectivity index is 0.00000385. The largest absolute Gasteiger partial charge is 0.491 e. The summed E-state index contributed by atoms with van der Waals surface area (Å²) >= 11 is 0. The lowest BCUT2D eigenvalue weighted by atomic mass is 10.1. The van der Waals surface area contributed by atoms with Gasteiger partial charge in [0.25, 0.3) is 0 Å². The first-order valence-corrected chi connectivity index (χ1v) is 10.8. The van der Waals surface area contributed by atoms with Crippen LogP contribution in [0.15, 0.2) is 58.0 Å². The topological polar surface area (TPSA) is 84.6 Å². The Kier molecular flexibility index (Phi) is 11.1. The van der Waals surface area contributed by atoms with E-state index in [1.165, 1.54) is 6.07 Å². The Morgan fingerprint density at radius 1 is 1.15 bits per heavy atom. The molecule has 2 N–H and O–H groups in total. The summed E-state index contributed by atoms with van der Waals surface area (Å²) in [6, 6.07) is 14.4. The molecule has 0 saturated heterocycles. The number of guanidine groups is 1. The number of benzene rings is 2. The number of aryl methyl sites for hydroxylation is 2. The molecule has 0 spiro atoms. The van der Waals surface area contributed by atoms with Crippen LogP contribution in [0, 0.1) is 12.7 Å². The Hall–Kier alpha value is -2.69. The zero-order chi connectivity index (χ0) is 22.8. The third-order valence-corrected chi connectivity index (χ3v) is 4.47. The molecule has 0 atom stereocenters. The normalized spacial score (nSPS) is 11.2. The van der Waals surface area contributed by atoms with Crippen molar-refractivity contribution in [3.8, 4) is 5.75 Å². The van der Waals surface area contributed by atoms with Crippen LogP contribution in [0.1, 0.15) is 37.5 Å². The maximum atomic E-state index is 13.4. The second kappa shape index (κ2) is 13.8. The van der Waals surface area contributed by atoms with Crippen LogP contribution in [-0.2, 0) is 12.8 Å². The molecule has 1 heterocycles. The molecular formula is C24H31FIN5O2. The monoisotopic (exact) mass is 567 g/mol. The van der Waals surface area contributed by atoms with Crippen LogP contribution < -0.4 is 15.4 Å². The summed E-state index contributed by atoms with van der Waals surface area (Å²) in [6.07, 6.45) is 2.25. The van der Waals surface area contributed by atoms with Gasteiger partial charge in [0.1, 0.15) is 11.6 Å². The van der Waals surface area contributed by atoms with Gasteiger partial charge in [-0.2, -0.15) is 4.98 Å². The van der Waals surface area contributed by atoms with Crippen LogP contribution in [0.25, 0.3) is 0 Å². The number of aromatic nitrogens is 2. The molecule has 0 aliphatic rings. The molecule has 1 aromatic heterocycles. The number of hydrogen-bond donors (Lipinski definition) is 2. The van der Waals surface area contributed by atoms with E-state index in [1.54, 1.807) is 19.1 Å². The van der Waals surface area contributed by atoms with Crippen molar-refractivity contribution in [1.82, 2.24) is 15.5 Å². The number of rotatable bonds is 10. The molecule has 0 aliphatic carbocycles. The Morgan fingerprint density at radius 3 is 2.61 bits per heavy atom. The fourth-order valence-electron chi connectivity index (χ4n) is 3.05. The second-order valence-corrected chi connectivity index (χ2v) is 7.69. The lowest BCUT2D eigenvalue weighted by Gasteiger charge is -2.14. The van der Waals surface area contributed by atoms with E-state index < -0.39 is 0 Å². The van der Waals surface area contributed by atoms with E-state index in [9.17, 15) is 4.39 Å². The molecule has 9 heteroatoms. The van der Waals surface area contributed by atoms with Gasteiger partial charge < -0.3 is 19.9 Å². The molecular weight excluding hydrogens is 536 g/mol. The van der Waals surface area contributed by atoms with Gasteiger partial charge in [0.05, 0.1) is 6.10 Å². The van der Waals surface area contributed by atoms with E-state index in [-0.39, 0.29) is 35.9 Å². The summed E-state index contributed by atoms with van der Waals surface area (Å²) in [7, 11) is 0. The van der Waals surface area contributed by atoms with Gasteiger partial charge in [-0.05, 0) is 75.6 Å². The first-order chi connectivity index (χ1) is 15.5. The molecule has 3 aromatic rings. The standard InChI is InChI=1S/C24H30FN5O2.HI/c1-17(2)31-22-11-9-21(10-12-22)29-24(26-14-5-8-23-28-18(3)30-32-23)27-15-13-19-6-4-7-20(25)16-19;/h4,6-7,9-12,16-17H,5,8,13-15H2,1-3H3,(H2,26,27,29);1H. The minimum atomic E-state index is -0.227. The van der Waals surface area contributed by atoms with Crippen LogP contribution in [-0.4, -0.2) is 35.3 Å². The average molecular weight is 567 g/mol. The fourth-order valence-corrected chi connectivity index (χ4v) is 3.05. The highest BCUT2D eigenvalue weighted by Crippen LogP contribution is 2.17. The van der Waals surface area contributed by atoms with Crippen molar-refractivity contribution in [3.63, 3.8) is 0 Å². The number of hydrogen-bond acceptors (Lipinski definition) is 5. The number of aliphatic imine (C=N–C) groups is 1. The van der Waals surface area contributed by atoms with E-state index >= 15 is 0 Å². The van der Waals surface area contributed by atoms with E-state index in [4.69, 9.17) is 9.26 Å². The summed E-state index contributed by atoms with van der Waals surface area (Å²) in [6.45, 7) is 7.00. The minimum absolute atomic E-state index is 0. The van der Waals surface area contributed by atoms with Gasteiger partial charge in [-0.1, -0.05) is 17.3 Å². The SMILES string of the molecule is Cc1noc(CCCN=C(NCCc2cccc(F)c2)Nc2ccc(OC(C)C)cc2)n1.I. The summed E-state index contributed by atoms with van der Waals surface area (Å²) in [5.41, 5.74) is 1.82. The number of nitrogens with one attached hydrogen (secondary N) is 2. The Morgan fingerprint density at radius 2 is 1.94 bits per heavy atom. The van der Waals surface area contributed by atoms with Gasteiger partial charge in [0.2, 0.25) is 5.89 Å². The molecule has 7 nitrogen and oxygen atoms in total. The van der Waals surface area contributed by atoms with Gasteiger partial charge in [0, 0.05) is 25.2 Å². The van der Waals surface area contributed by atoms with Crippen LogP contribution in [0.3, 0.4) is 0 Å². The molecule has 2 aromatic carbocycles. The molecule has 0 saturated carbocycles. The Labute approximate surface area is 211 Å². The maximum absolute atomic E-state index is 13.4. The summed E-state index contributed by atoms with van der Waals surface area (Å²) in [5.74, 6) is 2.50. The van der Waals surface area contributed by atoms with E-state index in [1.807, 2.05) is 44.2 Å². The third kappa shape index (κ3) is 9.77. The smallest absolute Gasteiger partial charge is 0.226 e. The Bertz CT molecular complexity index is 1010. The summed E-state index contributed by atoms with van der Waals surface area (Å²) in [4.78, 5) is 8.87. The van der Waals surface area contributed by atoms with Crippen LogP contribution in [0.5, 0.6) is 5.75 Å². The summed E-state index contributed by atoms with van der Waals surface area (Å²) in [5, 5.41) is 10.4. The minimum Gasteiger partial charge on any atom is -0.491 e. The average Bonchev–Trinajstić information content (AvgIpc) is 3.17. The van der Waals surface area contributed by atoms with E-state index in [2.05, 4.69) is 25.8 Å². The highest BCUT2D eigenvalue weighted by molar-refractivity contribution is 14.0. The van der Waals surface area contributed by atoms with Crippen LogP contribution in [0.2, 0.25) is 0 Å². The highest BCUT2D eigenvalue weighted by Gasteiger charge is 2.05.